The highest BCUT2D eigenvalue weighted by atomic mass is 19.4. The third-order valence-electron chi connectivity index (χ3n) is 3.43. The van der Waals surface area contributed by atoms with Crippen LogP contribution in [0.25, 0.3) is 0 Å². The minimum absolute atomic E-state index is 0.358. The summed E-state index contributed by atoms with van der Waals surface area (Å²) in [5, 5.41) is 13.8. The van der Waals surface area contributed by atoms with Crippen molar-refractivity contribution < 1.29 is 23.1 Å². The van der Waals surface area contributed by atoms with E-state index in [-0.39, 0.29) is 6.61 Å². The van der Waals surface area contributed by atoms with Crippen molar-refractivity contribution in [1.29, 1.82) is 0 Å². The highest BCUT2D eigenvalue weighted by Gasteiger charge is 2.39. The average Bonchev–Trinajstić information content (AvgIpc) is 2.76. The number of fused-ring (bicyclic) bond motifs is 1. The van der Waals surface area contributed by atoms with Crippen molar-refractivity contribution in [3.63, 3.8) is 0 Å². The molecule has 7 heteroatoms. The molecule has 1 aliphatic carbocycles. The summed E-state index contributed by atoms with van der Waals surface area (Å²) in [6.07, 6.45) is -3.34. The monoisotopic (exact) mass is 288 g/mol. The van der Waals surface area contributed by atoms with Gasteiger partial charge in [0, 0.05) is 0 Å². The number of hydrogen-bond donors (Lipinski definition) is 3. The molecule has 0 aliphatic heterocycles. The topological polar surface area (TPSA) is 61.4 Å². The summed E-state index contributed by atoms with van der Waals surface area (Å²) in [7, 11) is 0. The molecule has 3 N–H and O–H groups in total. The molecular formula is C13H15F3N2O2. The van der Waals surface area contributed by atoms with Gasteiger partial charge in [0.15, 0.2) is 0 Å². The van der Waals surface area contributed by atoms with Crippen molar-refractivity contribution in [3.05, 3.63) is 35.4 Å². The van der Waals surface area contributed by atoms with E-state index in [0.29, 0.717) is 12.8 Å². The van der Waals surface area contributed by atoms with Crippen LogP contribution >= 0.6 is 0 Å². The van der Waals surface area contributed by atoms with Crippen LogP contribution in [0.4, 0.5) is 18.0 Å². The first-order valence-corrected chi connectivity index (χ1v) is 6.18. The third kappa shape index (κ3) is 3.04. The maximum atomic E-state index is 12.1. The molecule has 1 aromatic rings. The number of urea groups is 1. The molecule has 0 saturated heterocycles. The first-order valence-electron chi connectivity index (χ1n) is 6.18. The van der Waals surface area contributed by atoms with E-state index in [2.05, 4.69) is 5.32 Å². The second kappa shape index (κ2) is 5.32. The summed E-state index contributed by atoms with van der Waals surface area (Å²) < 4.78 is 36.2. The molecule has 0 heterocycles. The summed E-state index contributed by atoms with van der Waals surface area (Å²) in [6.45, 7) is -1.76. The van der Waals surface area contributed by atoms with Gasteiger partial charge in [-0.1, -0.05) is 24.3 Å². The summed E-state index contributed by atoms with van der Waals surface area (Å²) in [6, 6.07) is 6.32. The Hall–Kier alpha value is -1.76. The quantitative estimate of drug-likeness (QED) is 0.792. The number of rotatable bonds is 3. The third-order valence-corrected chi connectivity index (χ3v) is 3.43. The van der Waals surface area contributed by atoms with Crippen LogP contribution in [0.15, 0.2) is 24.3 Å². The molecule has 1 atom stereocenters. The highest BCUT2D eigenvalue weighted by Crippen LogP contribution is 2.36. The molecular weight excluding hydrogens is 273 g/mol. The van der Waals surface area contributed by atoms with Crippen LogP contribution in [0.5, 0.6) is 0 Å². The van der Waals surface area contributed by atoms with Crippen molar-refractivity contribution in [3.8, 4) is 0 Å². The van der Waals surface area contributed by atoms with Crippen LogP contribution in [0.1, 0.15) is 17.5 Å². The van der Waals surface area contributed by atoms with Gasteiger partial charge in [-0.15, -0.1) is 0 Å². The summed E-state index contributed by atoms with van der Waals surface area (Å²) in [5.41, 5.74) is 0.731. The molecule has 0 radical (unpaired) electrons. The van der Waals surface area contributed by atoms with Gasteiger partial charge in [-0.25, -0.2) is 4.79 Å². The molecule has 0 aromatic heterocycles. The Labute approximate surface area is 114 Å². The summed E-state index contributed by atoms with van der Waals surface area (Å²) >= 11 is 0. The molecule has 0 spiro atoms. The predicted octanol–water partition coefficient (Wildman–Crippen LogP) is 1.68. The van der Waals surface area contributed by atoms with Gasteiger partial charge >= 0.3 is 12.2 Å². The fourth-order valence-corrected chi connectivity index (χ4v) is 2.46. The van der Waals surface area contributed by atoms with E-state index in [4.69, 9.17) is 0 Å². The minimum atomic E-state index is -4.46. The fourth-order valence-electron chi connectivity index (χ4n) is 2.46. The molecule has 4 nitrogen and oxygen atoms in total. The zero-order valence-corrected chi connectivity index (χ0v) is 10.6. The van der Waals surface area contributed by atoms with Gasteiger partial charge in [-0.3, -0.25) is 0 Å². The fraction of sp³-hybridized carbons (Fsp3) is 0.462. The molecule has 0 saturated carbocycles. The average molecular weight is 288 g/mol. The van der Waals surface area contributed by atoms with Crippen molar-refractivity contribution in [2.45, 2.75) is 24.6 Å². The predicted molar refractivity (Wildman–Crippen MR) is 66.1 cm³/mol. The Morgan fingerprint density at radius 2 is 2.05 bits per heavy atom. The smallest absolute Gasteiger partial charge is 0.394 e. The van der Waals surface area contributed by atoms with Crippen LogP contribution in [0, 0.1) is 0 Å². The molecule has 1 aromatic carbocycles. The van der Waals surface area contributed by atoms with Crippen molar-refractivity contribution in [2.24, 2.45) is 0 Å². The number of hydrogen-bond acceptors (Lipinski definition) is 2. The number of halogens is 3. The zero-order chi connectivity index (χ0) is 14.8. The number of benzene rings is 1. The van der Waals surface area contributed by atoms with Crippen LogP contribution in [0.3, 0.4) is 0 Å². The zero-order valence-electron chi connectivity index (χ0n) is 10.6. The normalized spacial score (nSPS) is 21.4. The van der Waals surface area contributed by atoms with E-state index in [1.807, 2.05) is 12.1 Å². The van der Waals surface area contributed by atoms with E-state index in [1.54, 1.807) is 17.4 Å². The van der Waals surface area contributed by atoms with Crippen molar-refractivity contribution >= 4 is 6.03 Å². The van der Waals surface area contributed by atoms with Crippen molar-refractivity contribution in [1.82, 2.24) is 10.6 Å². The molecule has 20 heavy (non-hydrogen) atoms. The second-order valence-corrected chi connectivity index (χ2v) is 4.82. The van der Waals surface area contributed by atoms with Gasteiger partial charge in [0.25, 0.3) is 0 Å². The van der Waals surface area contributed by atoms with Crippen LogP contribution < -0.4 is 10.6 Å². The van der Waals surface area contributed by atoms with E-state index in [1.165, 1.54) is 0 Å². The molecule has 0 bridgehead atoms. The minimum Gasteiger partial charge on any atom is -0.394 e. The second-order valence-electron chi connectivity index (χ2n) is 4.82. The van der Waals surface area contributed by atoms with Gasteiger partial charge in [0.1, 0.15) is 6.54 Å². The number of aliphatic hydroxyl groups excluding tert-OH is 1. The van der Waals surface area contributed by atoms with Crippen LogP contribution in [0.2, 0.25) is 0 Å². The lowest BCUT2D eigenvalue weighted by Crippen LogP contribution is -2.52. The first kappa shape index (κ1) is 14.6. The Bertz CT molecular complexity index is 505. The summed E-state index contributed by atoms with van der Waals surface area (Å²) in [4.78, 5) is 11.6. The molecule has 0 fully saturated rings. The Morgan fingerprint density at radius 1 is 1.35 bits per heavy atom. The van der Waals surface area contributed by atoms with Gasteiger partial charge in [-0.2, -0.15) is 13.2 Å². The number of alkyl halides is 3. The van der Waals surface area contributed by atoms with E-state index < -0.39 is 24.3 Å². The lowest BCUT2D eigenvalue weighted by Gasteiger charge is -2.29. The maximum absolute atomic E-state index is 12.1. The molecule has 1 unspecified atom stereocenters. The van der Waals surface area contributed by atoms with E-state index in [0.717, 1.165) is 11.1 Å². The van der Waals surface area contributed by atoms with Crippen LogP contribution in [-0.2, 0) is 12.0 Å². The largest absolute Gasteiger partial charge is 0.405 e. The standard InChI is InChI=1S/C13H15F3N2O2/c14-13(15,16)7-17-11(20)18-12(8-19)6-5-9-3-1-2-4-10(9)12/h1-4,19H,5-8H2,(H2,17,18,20). The van der Waals surface area contributed by atoms with Gasteiger partial charge in [0.2, 0.25) is 0 Å². The Morgan fingerprint density at radius 3 is 2.70 bits per heavy atom. The molecule has 110 valence electrons. The number of amides is 2. The number of aryl methyl sites for hydroxylation is 1. The van der Waals surface area contributed by atoms with E-state index in [9.17, 15) is 23.1 Å². The molecule has 1 aliphatic rings. The maximum Gasteiger partial charge on any atom is 0.405 e. The number of carbonyl (C=O) groups is 1. The number of nitrogens with one attached hydrogen (secondary N) is 2. The molecule has 2 rings (SSSR count). The van der Waals surface area contributed by atoms with Gasteiger partial charge in [0.05, 0.1) is 12.1 Å². The van der Waals surface area contributed by atoms with Gasteiger partial charge in [-0.05, 0) is 24.0 Å². The van der Waals surface area contributed by atoms with E-state index >= 15 is 0 Å². The van der Waals surface area contributed by atoms with Crippen LogP contribution in [-0.4, -0.2) is 30.5 Å². The Kier molecular flexibility index (Phi) is 3.89. The lowest BCUT2D eigenvalue weighted by molar-refractivity contribution is -0.122. The number of carbonyl (C=O) groups excluding carboxylic acids is 1. The lowest BCUT2D eigenvalue weighted by atomic mass is 9.93. The van der Waals surface area contributed by atoms with Gasteiger partial charge < -0.3 is 15.7 Å². The molecule has 2 amide bonds. The Balaban J connectivity index is 2.09. The first-order chi connectivity index (χ1) is 9.36. The number of aliphatic hydroxyl groups is 1. The highest BCUT2D eigenvalue weighted by molar-refractivity contribution is 5.75. The van der Waals surface area contributed by atoms with Crippen molar-refractivity contribution in [2.75, 3.05) is 13.2 Å². The SMILES string of the molecule is O=C(NCC(F)(F)F)NC1(CO)CCc2ccccc21. The summed E-state index contributed by atoms with van der Waals surface area (Å²) in [5.74, 6) is 0.